The van der Waals surface area contributed by atoms with Crippen molar-refractivity contribution < 1.29 is 5.11 Å². The normalized spacial score (nSPS) is 13.0. The van der Waals surface area contributed by atoms with E-state index in [1.54, 1.807) is 0 Å². The Morgan fingerprint density at radius 3 is 2.33 bits per heavy atom. The number of aliphatic hydroxyl groups excluding tert-OH is 1. The summed E-state index contributed by atoms with van der Waals surface area (Å²) in [6.45, 7) is 7.52. The van der Waals surface area contributed by atoms with E-state index >= 15 is 0 Å². The second-order valence-electron chi connectivity index (χ2n) is 3.96. The highest BCUT2D eigenvalue weighted by Gasteiger charge is 2.09. The van der Waals surface area contributed by atoms with E-state index in [1.165, 1.54) is 4.80 Å². The van der Waals surface area contributed by atoms with E-state index in [4.69, 9.17) is 0 Å². The first-order valence-corrected chi connectivity index (χ1v) is 5.67. The van der Waals surface area contributed by atoms with Gasteiger partial charge in [-0.2, -0.15) is 0 Å². The van der Waals surface area contributed by atoms with E-state index in [1.807, 2.05) is 50.3 Å². The van der Waals surface area contributed by atoms with Crippen molar-refractivity contribution in [3.63, 3.8) is 0 Å². The van der Waals surface area contributed by atoms with Gasteiger partial charge in [0, 0.05) is 0 Å². The first-order valence-electron chi connectivity index (χ1n) is 5.67. The van der Waals surface area contributed by atoms with Crippen LogP contribution in [0.2, 0.25) is 0 Å². The molecule has 0 spiro atoms. The summed E-state index contributed by atoms with van der Waals surface area (Å²) in [7, 11) is 0. The maximum absolute atomic E-state index is 10.0. The van der Waals surface area contributed by atoms with Crippen molar-refractivity contribution in [1.82, 2.24) is 15.0 Å². The van der Waals surface area contributed by atoms with Crippen LogP contribution in [0.4, 0.5) is 0 Å². The molecule has 0 saturated carbocycles. The fourth-order valence-electron chi connectivity index (χ4n) is 1.63. The molecule has 0 aliphatic rings. The van der Waals surface area contributed by atoms with Gasteiger partial charge in [-0.15, -0.1) is 15.0 Å². The fourth-order valence-corrected chi connectivity index (χ4v) is 1.63. The molecule has 0 amide bonds. The number of nitrogens with zero attached hydrogens (tertiary/aromatic N) is 3. The molecule has 1 N–H and O–H groups in total. The highest BCUT2D eigenvalue weighted by molar-refractivity contribution is 5.74. The molecule has 0 unspecified atom stereocenters. The molecule has 4 heteroatoms. The molecule has 0 bridgehead atoms. The number of allylic oxidation sites excluding steroid dienone is 4. The largest absolute Gasteiger partial charge is 0.505 e. The molecule has 0 atom stereocenters. The minimum atomic E-state index is 0.0911. The van der Waals surface area contributed by atoms with Crippen LogP contribution in [0.3, 0.4) is 0 Å². The van der Waals surface area contributed by atoms with Gasteiger partial charge in [-0.05, 0) is 31.6 Å². The molecule has 4 nitrogen and oxygen atoms in total. The number of hydrogen-bond acceptors (Lipinski definition) is 3. The highest BCUT2D eigenvalue weighted by atomic mass is 16.3. The first-order chi connectivity index (χ1) is 8.63. The molecule has 0 saturated heterocycles. The van der Waals surface area contributed by atoms with Crippen LogP contribution in [-0.2, 0) is 0 Å². The zero-order chi connectivity index (χ0) is 13.1. The average Bonchev–Trinajstić information content (AvgIpc) is 2.81. The van der Waals surface area contributed by atoms with Gasteiger partial charge in [0.2, 0.25) is 0 Å². The van der Waals surface area contributed by atoms with Crippen LogP contribution in [0.25, 0.3) is 16.7 Å². The zero-order valence-electron chi connectivity index (χ0n) is 10.5. The first kappa shape index (κ1) is 12.1. The van der Waals surface area contributed by atoms with Gasteiger partial charge in [0.25, 0.3) is 0 Å². The fraction of sp³-hybridized carbons (Fsp3) is 0.143. The van der Waals surface area contributed by atoms with Gasteiger partial charge in [-0.25, -0.2) is 0 Å². The summed E-state index contributed by atoms with van der Waals surface area (Å²) in [5, 5.41) is 18.6. The lowest BCUT2D eigenvalue weighted by Crippen LogP contribution is -2.03. The maximum Gasteiger partial charge on any atom is 0.145 e. The van der Waals surface area contributed by atoms with Crippen molar-refractivity contribution in [2.75, 3.05) is 0 Å². The number of aromatic nitrogens is 3. The topological polar surface area (TPSA) is 50.9 Å². The standard InChI is InChI=1S/C14H15N3O/c1-4-7-10(2)14(18)11(3)17-15-12-8-5-6-9-13(12)16-17/h4-9,18H,3H2,1-2H3/b7-4-,14-10+. The van der Waals surface area contributed by atoms with Gasteiger partial charge in [-0.1, -0.05) is 30.9 Å². The van der Waals surface area contributed by atoms with E-state index < -0.39 is 0 Å². The Balaban J connectivity index is 2.43. The second-order valence-corrected chi connectivity index (χ2v) is 3.96. The lowest BCUT2D eigenvalue weighted by Gasteiger charge is -2.04. The third-order valence-electron chi connectivity index (χ3n) is 2.59. The predicted molar refractivity (Wildman–Crippen MR) is 73.0 cm³/mol. The molecule has 18 heavy (non-hydrogen) atoms. The van der Waals surface area contributed by atoms with Gasteiger partial charge >= 0.3 is 0 Å². The summed E-state index contributed by atoms with van der Waals surface area (Å²) < 4.78 is 0. The molecule has 0 aliphatic heterocycles. The molecule has 0 radical (unpaired) electrons. The van der Waals surface area contributed by atoms with Gasteiger partial charge in [0.05, 0.1) is 0 Å². The molecule has 1 heterocycles. The minimum absolute atomic E-state index is 0.0911. The van der Waals surface area contributed by atoms with Crippen LogP contribution in [0.5, 0.6) is 0 Å². The predicted octanol–water partition coefficient (Wildman–Crippen LogP) is 3.31. The van der Waals surface area contributed by atoms with Crippen LogP contribution in [0.1, 0.15) is 13.8 Å². The summed E-state index contributed by atoms with van der Waals surface area (Å²) in [5.41, 5.74) is 2.64. The molecule has 2 aromatic rings. The lowest BCUT2D eigenvalue weighted by molar-refractivity contribution is 0.423. The van der Waals surface area contributed by atoms with Crippen molar-refractivity contribution in [3.05, 3.63) is 54.3 Å². The Bertz CT molecular complexity index is 617. The molecule has 2 rings (SSSR count). The number of aliphatic hydroxyl groups is 1. The van der Waals surface area contributed by atoms with Crippen molar-refractivity contribution in [2.24, 2.45) is 0 Å². The van der Waals surface area contributed by atoms with Crippen molar-refractivity contribution in [2.45, 2.75) is 13.8 Å². The van der Waals surface area contributed by atoms with E-state index in [0.717, 1.165) is 16.6 Å². The molecule has 1 aromatic carbocycles. The van der Waals surface area contributed by atoms with Gasteiger partial charge < -0.3 is 5.11 Å². The van der Waals surface area contributed by atoms with E-state index in [9.17, 15) is 5.11 Å². The summed E-state index contributed by atoms with van der Waals surface area (Å²) in [5.74, 6) is 0.0911. The van der Waals surface area contributed by atoms with Crippen LogP contribution < -0.4 is 0 Å². The SMILES string of the molecule is C=C(/C(O)=C(C)\C=C/C)n1nc2ccccc2n1. The average molecular weight is 241 g/mol. The molecule has 0 aliphatic carbocycles. The summed E-state index contributed by atoms with van der Waals surface area (Å²) in [6, 6.07) is 7.52. The van der Waals surface area contributed by atoms with Crippen LogP contribution in [-0.4, -0.2) is 20.1 Å². The van der Waals surface area contributed by atoms with Crippen molar-refractivity contribution in [3.8, 4) is 0 Å². The molecular weight excluding hydrogens is 226 g/mol. The number of rotatable bonds is 3. The summed E-state index contributed by atoms with van der Waals surface area (Å²) in [4.78, 5) is 1.35. The Labute approximate surface area is 106 Å². The summed E-state index contributed by atoms with van der Waals surface area (Å²) >= 11 is 0. The summed E-state index contributed by atoms with van der Waals surface area (Å²) in [6.07, 6.45) is 3.66. The van der Waals surface area contributed by atoms with Crippen LogP contribution in [0, 0.1) is 0 Å². The van der Waals surface area contributed by atoms with Crippen molar-refractivity contribution >= 4 is 16.7 Å². The Morgan fingerprint density at radius 2 is 1.83 bits per heavy atom. The minimum Gasteiger partial charge on any atom is -0.505 e. The quantitative estimate of drug-likeness (QED) is 0.662. The maximum atomic E-state index is 10.0. The van der Waals surface area contributed by atoms with Gasteiger partial charge in [0.1, 0.15) is 22.5 Å². The van der Waals surface area contributed by atoms with E-state index in [0.29, 0.717) is 5.70 Å². The number of fused-ring (bicyclic) bond motifs is 1. The van der Waals surface area contributed by atoms with Gasteiger partial charge in [0.15, 0.2) is 0 Å². The van der Waals surface area contributed by atoms with E-state index in [2.05, 4.69) is 16.8 Å². The smallest absolute Gasteiger partial charge is 0.145 e. The third kappa shape index (κ3) is 2.18. The van der Waals surface area contributed by atoms with E-state index in [-0.39, 0.29) is 5.76 Å². The number of hydrogen-bond donors (Lipinski definition) is 1. The second kappa shape index (κ2) is 4.87. The van der Waals surface area contributed by atoms with Gasteiger partial charge in [-0.3, -0.25) is 0 Å². The molecule has 1 aromatic heterocycles. The lowest BCUT2D eigenvalue weighted by atomic mass is 10.2. The number of benzene rings is 1. The Morgan fingerprint density at radius 1 is 1.28 bits per heavy atom. The molecular formula is C14H15N3O. The Hall–Kier alpha value is -2.36. The zero-order valence-corrected chi connectivity index (χ0v) is 10.5. The third-order valence-corrected chi connectivity index (χ3v) is 2.59. The molecule has 0 fully saturated rings. The Kier molecular flexibility index (Phi) is 3.28. The van der Waals surface area contributed by atoms with Crippen molar-refractivity contribution in [1.29, 1.82) is 0 Å². The molecule has 92 valence electrons. The monoisotopic (exact) mass is 241 g/mol. The highest BCUT2D eigenvalue weighted by Crippen LogP contribution is 2.17. The van der Waals surface area contributed by atoms with Crippen LogP contribution in [0.15, 0.2) is 54.3 Å². The van der Waals surface area contributed by atoms with Crippen LogP contribution >= 0.6 is 0 Å².